The molecule has 32 heavy (non-hydrogen) atoms. The molecule has 0 unspecified atom stereocenters. The van der Waals surface area contributed by atoms with E-state index >= 15 is 0 Å². The zero-order valence-corrected chi connectivity index (χ0v) is 16.6. The number of anilines is 1. The molecule has 5 amide bonds. The number of carbonyl (C=O) groups is 4. The van der Waals surface area contributed by atoms with E-state index in [-0.39, 0.29) is 18.6 Å². The van der Waals surface area contributed by atoms with Crippen molar-refractivity contribution in [3.05, 3.63) is 29.8 Å². The van der Waals surface area contributed by atoms with Gasteiger partial charge in [0.2, 0.25) is 5.91 Å². The number of hydrogen-bond donors (Lipinski definition) is 5. The molecule has 11 nitrogen and oxygen atoms in total. The quantitative estimate of drug-likeness (QED) is 0.449. The normalized spacial score (nSPS) is 13.6. The van der Waals surface area contributed by atoms with E-state index in [1.165, 1.54) is 0 Å². The first-order valence-corrected chi connectivity index (χ1v) is 9.11. The first-order chi connectivity index (χ1) is 14.9. The van der Waals surface area contributed by atoms with Crippen LogP contribution in [0.25, 0.3) is 0 Å². The largest absolute Gasteiger partial charge is 0.490 e. The summed E-state index contributed by atoms with van der Waals surface area (Å²) in [6.07, 6.45) is -3.85. The van der Waals surface area contributed by atoms with E-state index in [2.05, 4.69) is 16.0 Å². The van der Waals surface area contributed by atoms with Crippen LogP contribution in [0.15, 0.2) is 24.3 Å². The van der Waals surface area contributed by atoms with Gasteiger partial charge in [-0.1, -0.05) is 0 Å². The molecule has 0 atom stereocenters. The Hall–Kier alpha value is -4.02. The van der Waals surface area contributed by atoms with Gasteiger partial charge in [0.1, 0.15) is 0 Å². The van der Waals surface area contributed by atoms with Gasteiger partial charge in [0.05, 0.1) is 18.2 Å². The third-order valence-corrected chi connectivity index (χ3v) is 4.05. The van der Waals surface area contributed by atoms with Crippen molar-refractivity contribution in [2.45, 2.75) is 25.1 Å². The number of carboxylic acid groups (broad SMARTS) is 1. The number of likely N-dealkylation sites (tertiary alicyclic amines) is 1. The van der Waals surface area contributed by atoms with Crippen LogP contribution < -0.4 is 21.7 Å². The summed E-state index contributed by atoms with van der Waals surface area (Å²) in [6.45, 7) is 0.795. The number of carboxylic acids is 1. The number of nitrogens with one attached hydrogen (secondary N) is 3. The molecular weight excluding hydrogens is 437 g/mol. The topological polar surface area (TPSA) is 178 Å². The lowest BCUT2D eigenvalue weighted by Gasteiger charge is -2.32. The fourth-order valence-corrected chi connectivity index (χ4v) is 2.46. The average molecular weight is 458 g/mol. The molecule has 0 radical (unpaired) electrons. The monoisotopic (exact) mass is 458 g/mol. The standard InChI is InChI=1S/C16H20N6O3.C2HF3O2/c17-9-11-1-3-12(4-2-11)21-16(25)22-7-5-13(6-8-22)20-15(24)19-10-14(18)23;3-2(4,5)1(6)7/h1-4,13H,5-8,10H2,(H2,18,23)(H,21,25)(H2,19,20,24);(H,6,7). The van der Waals surface area contributed by atoms with E-state index in [1.807, 2.05) is 6.07 Å². The lowest BCUT2D eigenvalue weighted by Crippen LogP contribution is -2.50. The highest BCUT2D eigenvalue weighted by Crippen LogP contribution is 2.14. The Labute approximate surface area is 180 Å². The maximum atomic E-state index is 12.2. The molecule has 1 fully saturated rings. The second-order valence-corrected chi connectivity index (χ2v) is 6.48. The van der Waals surface area contributed by atoms with E-state index in [1.54, 1.807) is 29.2 Å². The zero-order valence-electron chi connectivity index (χ0n) is 16.6. The van der Waals surface area contributed by atoms with Gasteiger partial charge in [0.15, 0.2) is 0 Å². The molecule has 1 aromatic rings. The fourth-order valence-electron chi connectivity index (χ4n) is 2.46. The number of halogens is 3. The summed E-state index contributed by atoms with van der Waals surface area (Å²) in [5.74, 6) is -3.36. The van der Waals surface area contributed by atoms with Gasteiger partial charge in [0.25, 0.3) is 0 Å². The van der Waals surface area contributed by atoms with Gasteiger partial charge >= 0.3 is 24.2 Å². The first-order valence-electron chi connectivity index (χ1n) is 9.11. The predicted molar refractivity (Wildman–Crippen MR) is 104 cm³/mol. The van der Waals surface area contributed by atoms with Crippen molar-refractivity contribution >= 4 is 29.6 Å². The summed E-state index contributed by atoms with van der Waals surface area (Å²) in [6, 6.07) is 7.91. The second kappa shape index (κ2) is 12.0. The van der Waals surface area contributed by atoms with E-state index in [9.17, 15) is 27.6 Å². The van der Waals surface area contributed by atoms with E-state index < -0.39 is 24.1 Å². The molecule has 6 N–H and O–H groups in total. The van der Waals surface area contributed by atoms with Crippen molar-refractivity contribution in [3.8, 4) is 6.07 Å². The predicted octanol–water partition coefficient (Wildman–Crippen LogP) is 0.972. The average Bonchev–Trinajstić information content (AvgIpc) is 2.73. The number of alkyl halides is 3. The highest BCUT2D eigenvalue weighted by Gasteiger charge is 2.38. The number of rotatable bonds is 4. The third-order valence-electron chi connectivity index (χ3n) is 4.05. The van der Waals surface area contributed by atoms with Crippen LogP contribution in [-0.2, 0) is 9.59 Å². The number of urea groups is 2. The Kier molecular flexibility index (Phi) is 9.74. The SMILES string of the molecule is N#Cc1ccc(NC(=O)N2CCC(NC(=O)NCC(N)=O)CC2)cc1.O=C(O)C(F)(F)F. The third kappa shape index (κ3) is 9.65. The maximum absolute atomic E-state index is 12.2. The van der Waals surface area contributed by atoms with Gasteiger partial charge in [-0.25, -0.2) is 14.4 Å². The number of aliphatic carboxylic acids is 1. The maximum Gasteiger partial charge on any atom is 0.490 e. The van der Waals surface area contributed by atoms with Gasteiger partial charge in [-0.05, 0) is 37.1 Å². The molecule has 0 spiro atoms. The summed E-state index contributed by atoms with van der Waals surface area (Å²) < 4.78 is 31.7. The highest BCUT2D eigenvalue weighted by atomic mass is 19.4. The number of nitrogens with zero attached hydrogens (tertiary/aromatic N) is 2. The summed E-state index contributed by atoms with van der Waals surface area (Å²) in [5, 5.41) is 23.8. The molecular formula is C18H21F3N6O5. The molecule has 0 aromatic heterocycles. The number of hydrogen-bond acceptors (Lipinski definition) is 5. The smallest absolute Gasteiger partial charge is 0.475 e. The zero-order chi connectivity index (χ0) is 24.3. The van der Waals surface area contributed by atoms with Gasteiger partial charge < -0.3 is 31.7 Å². The van der Waals surface area contributed by atoms with Crippen LogP contribution >= 0.6 is 0 Å². The number of benzene rings is 1. The number of carbonyl (C=O) groups excluding carboxylic acids is 3. The number of piperidine rings is 1. The molecule has 174 valence electrons. The number of nitriles is 1. The minimum absolute atomic E-state index is 0.0631. The van der Waals surface area contributed by atoms with Crippen molar-refractivity contribution in [3.63, 3.8) is 0 Å². The summed E-state index contributed by atoms with van der Waals surface area (Å²) in [5.41, 5.74) is 6.10. The molecule has 1 heterocycles. The van der Waals surface area contributed by atoms with Crippen LogP contribution in [0.5, 0.6) is 0 Å². The lowest BCUT2D eigenvalue weighted by atomic mass is 10.1. The molecule has 1 aliphatic heterocycles. The van der Waals surface area contributed by atoms with Crippen LogP contribution in [0.2, 0.25) is 0 Å². The fraction of sp³-hybridized carbons (Fsp3) is 0.389. The lowest BCUT2D eigenvalue weighted by molar-refractivity contribution is -0.192. The van der Waals surface area contributed by atoms with Crippen LogP contribution in [0.1, 0.15) is 18.4 Å². The van der Waals surface area contributed by atoms with Crippen molar-refractivity contribution in [1.29, 1.82) is 5.26 Å². The molecule has 0 saturated carbocycles. The molecule has 1 aromatic carbocycles. The van der Waals surface area contributed by atoms with Gasteiger partial charge in [-0.2, -0.15) is 18.4 Å². The summed E-state index contributed by atoms with van der Waals surface area (Å²) >= 11 is 0. The Morgan fingerprint density at radius 2 is 1.69 bits per heavy atom. The van der Waals surface area contributed by atoms with Crippen molar-refractivity contribution in [2.75, 3.05) is 25.0 Å². The van der Waals surface area contributed by atoms with Crippen LogP contribution in [0, 0.1) is 11.3 Å². The first kappa shape index (κ1) is 26.0. The second-order valence-electron chi connectivity index (χ2n) is 6.48. The van der Waals surface area contributed by atoms with E-state index in [0.29, 0.717) is 37.2 Å². The Bertz CT molecular complexity index is 861. The molecule has 0 aliphatic carbocycles. The minimum Gasteiger partial charge on any atom is -0.475 e. The summed E-state index contributed by atoms with van der Waals surface area (Å²) in [4.78, 5) is 45.0. The van der Waals surface area contributed by atoms with E-state index in [4.69, 9.17) is 20.9 Å². The van der Waals surface area contributed by atoms with Crippen molar-refractivity contribution in [1.82, 2.24) is 15.5 Å². The Balaban J connectivity index is 0.000000633. The number of primary amides is 1. The number of nitrogens with two attached hydrogens (primary N) is 1. The molecule has 1 saturated heterocycles. The molecule has 0 bridgehead atoms. The molecule has 2 rings (SSSR count). The van der Waals surface area contributed by atoms with Crippen molar-refractivity contribution in [2.24, 2.45) is 5.73 Å². The van der Waals surface area contributed by atoms with Crippen LogP contribution in [-0.4, -0.2) is 65.8 Å². The van der Waals surface area contributed by atoms with Gasteiger partial charge in [0, 0.05) is 24.8 Å². The number of amides is 5. The van der Waals surface area contributed by atoms with Crippen molar-refractivity contribution < 1.29 is 37.5 Å². The Morgan fingerprint density at radius 3 is 2.12 bits per heavy atom. The highest BCUT2D eigenvalue weighted by molar-refractivity contribution is 5.89. The van der Waals surface area contributed by atoms with E-state index in [0.717, 1.165) is 0 Å². The minimum atomic E-state index is -5.08. The molecule has 14 heteroatoms. The van der Waals surface area contributed by atoms with Crippen LogP contribution in [0.3, 0.4) is 0 Å². The summed E-state index contributed by atoms with van der Waals surface area (Å²) in [7, 11) is 0. The Morgan fingerprint density at radius 1 is 1.16 bits per heavy atom. The van der Waals surface area contributed by atoms with Gasteiger partial charge in [-0.3, -0.25) is 4.79 Å². The van der Waals surface area contributed by atoms with Crippen LogP contribution in [0.4, 0.5) is 28.4 Å². The molecule has 1 aliphatic rings. The van der Waals surface area contributed by atoms with Gasteiger partial charge in [-0.15, -0.1) is 0 Å².